The molecule has 21 heavy (non-hydrogen) atoms. The molecule has 0 saturated carbocycles. The Morgan fingerprint density at radius 1 is 1.43 bits per heavy atom. The van der Waals surface area contributed by atoms with E-state index in [-0.39, 0.29) is 17.9 Å². The average molecular weight is 306 g/mol. The van der Waals surface area contributed by atoms with Crippen molar-refractivity contribution in [1.82, 2.24) is 15.1 Å². The first-order valence-corrected chi connectivity index (χ1v) is 7.59. The molecule has 2 N–H and O–H groups in total. The van der Waals surface area contributed by atoms with Gasteiger partial charge in [-0.1, -0.05) is 13.0 Å². The van der Waals surface area contributed by atoms with Crippen molar-refractivity contribution >= 4 is 29.0 Å². The van der Waals surface area contributed by atoms with Crippen molar-refractivity contribution in [2.24, 2.45) is 7.05 Å². The Morgan fingerprint density at radius 2 is 2.19 bits per heavy atom. The number of hydrogen-bond donors (Lipinski definition) is 2. The van der Waals surface area contributed by atoms with Crippen LogP contribution >= 0.6 is 11.3 Å². The van der Waals surface area contributed by atoms with Crippen molar-refractivity contribution in [3.8, 4) is 0 Å². The van der Waals surface area contributed by atoms with E-state index < -0.39 is 0 Å². The van der Waals surface area contributed by atoms with E-state index in [9.17, 15) is 9.59 Å². The fraction of sp³-hybridized carbons (Fsp3) is 0.357. The topological polar surface area (TPSA) is 76.0 Å². The fourth-order valence-corrected chi connectivity index (χ4v) is 2.30. The third-order valence-corrected chi connectivity index (χ3v) is 3.96. The maximum Gasteiger partial charge on any atom is 0.272 e. The number of hydrogen-bond acceptors (Lipinski definition) is 4. The minimum atomic E-state index is -0.239. The molecule has 0 radical (unpaired) electrons. The van der Waals surface area contributed by atoms with Crippen LogP contribution in [0.3, 0.4) is 0 Å². The smallest absolute Gasteiger partial charge is 0.272 e. The molecule has 0 bridgehead atoms. The second-order valence-electron chi connectivity index (χ2n) is 4.75. The molecule has 2 heterocycles. The van der Waals surface area contributed by atoms with Crippen molar-refractivity contribution in [3.63, 3.8) is 0 Å². The molecule has 2 aromatic rings. The van der Waals surface area contributed by atoms with Gasteiger partial charge in [-0.3, -0.25) is 14.3 Å². The third kappa shape index (κ3) is 3.69. The van der Waals surface area contributed by atoms with Crippen LogP contribution < -0.4 is 10.6 Å². The Kier molecular flexibility index (Phi) is 4.74. The summed E-state index contributed by atoms with van der Waals surface area (Å²) in [6, 6.07) is 5.22. The summed E-state index contributed by atoms with van der Waals surface area (Å²) in [7, 11) is 1.68. The van der Waals surface area contributed by atoms with Gasteiger partial charge in [0, 0.05) is 19.2 Å². The van der Waals surface area contributed by atoms with Gasteiger partial charge < -0.3 is 10.6 Å². The Morgan fingerprint density at radius 3 is 2.81 bits per heavy atom. The van der Waals surface area contributed by atoms with E-state index in [0.717, 1.165) is 6.42 Å². The summed E-state index contributed by atoms with van der Waals surface area (Å²) in [5.74, 6) is 0.0427. The van der Waals surface area contributed by atoms with Crippen LogP contribution in [0.1, 0.15) is 40.4 Å². The van der Waals surface area contributed by atoms with Gasteiger partial charge in [0.05, 0.1) is 4.88 Å². The first-order chi connectivity index (χ1) is 10.0. The SMILES string of the molecule is CC[C@H](C)NC(=O)c1cc(NC(=O)c2cccs2)n(C)n1. The molecule has 6 nitrogen and oxygen atoms in total. The number of nitrogens with zero attached hydrogens (tertiary/aromatic N) is 2. The molecule has 0 saturated heterocycles. The molecule has 0 aliphatic heterocycles. The standard InChI is InChI=1S/C14H18N4O2S/c1-4-9(2)15-13(19)10-8-12(18(3)17-10)16-14(20)11-6-5-7-21-11/h5-9H,4H2,1-3H3,(H,15,19)(H,16,20)/t9-/m0/s1. The highest BCUT2D eigenvalue weighted by molar-refractivity contribution is 7.12. The summed E-state index contributed by atoms with van der Waals surface area (Å²) >= 11 is 1.36. The summed E-state index contributed by atoms with van der Waals surface area (Å²) < 4.78 is 1.48. The van der Waals surface area contributed by atoms with Crippen LogP contribution in [0.5, 0.6) is 0 Å². The highest BCUT2D eigenvalue weighted by atomic mass is 32.1. The zero-order valence-corrected chi connectivity index (χ0v) is 13.0. The van der Waals surface area contributed by atoms with Crippen LogP contribution in [-0.2, 0) is 7.05 Å². The molecule has 2 amide bonds. The highest BCUT2D eigenvalue weighted by Gasteiger charge is 2.16. The molecule has 0 aliphatic carbocycles. The molecule has 2 rings (SSSR count). The minimum Gasteiger partial charge on any atom is -0.348 e. The summed E-state index contributed by atoms with van der Waals surface area (Å²) in [6.07, 6.45) is 0.848. The van der Waals surface area contributed by atoms with Crippen LogP contribution in [0.2, 0.25) is 0 Å². The van der Waals surface area contributed by atoms with Crippen LogP contribution in [-0.4, -0.2) is 27.6 Å². The van der Waals surface area contributed by atoms with E-state index >= 15 is 0 Å². The zero-order chi connectivity index (χ0) is 15.4. The second-order valence-corrected chi connectivity index (χ2v) is 5.70. The second kappa shape index (κ2) is 6.53. The van der Waals surface area contributed by atoms with Gasteiger partial charge in [-0.25, -0.2) is 0 Å². The van der Waals surface area contributed by atoms with Gasteiger partial charge in [-0.15, -0.1) is 11.3 Å². The molecule has 7 heteroatoms. The predicted molar refractivity (Wildman–Crippen MR) is 82.7 cm³/mol. The van der Waals surface area contributed by atoms with E-state index in [2.05, 4.69) is 15.7 Å². The van der Waals surface area contributed by atoms with Gasteiger partial charge in [-0.2, -0.15) is 5.10 Å². The van der Waals surface area contributed by atoms with Crippen molar-refractivity contribution in [2.45, 2.75) is 26.3 Å². The van der Waals surface area contributed by atoms with Gasteiger partial charge >= 0.3 is 0 Å². The molecule has 0 spiro atoms. The summed E-state index contributed by atoms with van der Waals surface area (Å²) in [5, 5.41) is 11.6. The molecular formula is C14H18N4O2S. The summed E-state index contributed by atoms with van der Waals surface area (Å²) in [6.45, 7) is 3.93. The lowest BCUT2D eigenvalue weighted by Gasteiger charge is -2.09. The van der Waals surface area contributed by atoms with Crippen molar-refractivity contribution in [2.75, 3.05) is 5.32 Å². The number of carbonyl (C=O) groups is 2. The van der Waals surface area contributed by atoms with Crippen LogP contribution in [0.4, 0.5) is 5.82 Å². The molecule has 112 valence electrons. The molecule has 0 fully saturated rings. The average Bonchev–Trinajstić information content (AvgIpc) is 3.09. The molecule has 0 unspecified atom stereocenters. The molecule has 2 aromatic heterocycles. The maximum absolute atomic E-state index is 12.0. The number of nitrogens with one attached hydrogen (secondary N) is 2. The summed E-state index contributed by atoms with van der Waals surface area (Å²) in [5.41, 5.74) is 0.291. The quantitative estimate of drug-likeness (QED) is 0.889. The van der Waals surface area contributed by atoms with E-state index in [1.165, 1.54) is 16.0 Å². The van der Waals surface area contributed by atoms with Gasteiger partial charge in [0.1, 0.15) is 5.82 Å². The van der Waals surface area contributed by atoms with Crippen LogP contribution in [0, 0.1) is 0 Å². The van der Waals surface area contributed by atoms with Crippen molar-refractivity contribution < 1.29 is 9.59 Å². The monoisotopic (exact) mass is 306 g/mol. The van der Waals surface area contributed by atoms with Crippen molar-refractivity contribution in [3.05, 3.63) is 34.2 Å². The number of aromatic nitrogens is 2. The number of amides is 2. The predicted octanol–water partition coefficient (Wildman–Crippen LogP) is 2.26. The number of rotatable bonds is 5. The maximum atomic E-state index is 12.0. The molecule has 1 atom stereocenters. The number of thiophene rings is 1. The molecular weight excluding hydrogens is 288 g/mol. The Hall–Kier alpha value is -2.15. The lowest BCUT2D eigenvalue weighted by molar-refractivity contribution is 0.0932. The lowest BCUT2D eigenvalue weighted by Crippen LogP contribution is -2.32. The zero-order valence-electron chi connectivity index (χ0n) is 12.2. The molecule has 0 aromatic carbocycles. The molecule has 0 aliphatic rings. The van der Waals surface area contributed by atoms with Gasteiger partial charge in [-0.05, 0) is 24.8 Å². The Balaban J connectivity index is 2.09. The first kappa shape index (κ1) is 15.2. The van der Waals surface area contributed by atoms with Crippen LogP contribution in [0.15, 0.2) is 23.6 Å². The minimum absolute atomic E-state index is 0.0867. The summed E-state index contributed by atoms with van der Waals surface area (Å²) in [4.78, 5) is 24.6. The van der Waals surface area contributed by atoms with Crippen LogP contribution in [0.25, 0.3) is 0 Å². The number of aryl methyl sites for hydroxylation is 1. The lowest BCUT2D eigenvalue weighted by atomic mass is 10.2. The third-order valence-electron chi connectivity index (χ3n) is 3.09. The first-order valence-electron chi connectivity index (χ1n) is 6.71. The van der Waals surface area contributed by atoms with Crippen molar-refractivity contribution in [1.29, 1.82) is 0 Å². The van der Waals surface area contributed by atoms with E-state index in [1.807, 2.05) is 25.3 Å². The highest BCUT2D eigenvalue weighted by Crippen LogP contribution is 2.14. The van der Waals surface area contributed by atoms with E-state index in [0.29, 0.717) is 16.4 Å². The fourth-order valence-electron chi connectivity index (χ4n) is 1.68. The van der Waals surface area contributed by atoms with E-state index in [1.54, 1.807) is 19.2 Å². The van der Waals surface area contributed by atoms with Gasteiger partial charge in [0.15, 0.2) is 5.69 Å². The number of anilines is 1. The van der Waals surface area contributed by atoms with E-state index in [4.69, 9.17) is 0 Å². The Bertz CT molecular complexity index is 633. The normalized spacial score (nSPS) is 12.0. The van der Waals surface area contributed by atoms with Gasteiger partial charge in [0.25, 0.3) is 11.8 Å². The largest absolute Gasteiger partial charge is 0.348 e. The number of carbonyl (C=O) groups excluding carboxylic acids is 2. The Labute approximate surface area is 127 Å². The van der Waals surface area contributed by atoms with Gasteiger partial charge in [0.2, 0.25) is 0 Å².